The predicted octanol–water partition coefficient (Wildman–Crippen LogP) is 5.98. The van der Waals surface area contributed by atoms with Crippen molar-refractivity contribution in [3.05, 3.63) is 30.1 Å². The molecule has 2 saturated carbocycles. The van der Waals surface area contributed by atoms with E-state index >= 15 is 0 Å². The number of pyridine rings is 1. The summed E-state index contributed by atoms with van der Waals surface area (Å²) in [5.74, 6) is 2.31. The highest BCUT2D eigenvalue weighted by molar-refractivity contribution is 5.73. The number of aliphatic hydroxyl groups excluding tert-OH is 1. The minimum Gasteiger partial charge on any atom is -0.393 e. The molecule has 4 rings (SSSR count). The minimum absolute atomic E-state index is 0.168. The summed E-state index contributed by atoms with van der Waals surface area (Å²) in [6, 6.07) is 5.00. The summed E-state index contributed by atoms with van der Waals surface area (Å²) >= 11 is 0. The number of hydrogen-bond acceptors (Lipinski definition) is 6. The van der Waals surface area contributed by atoms with Crippen LogP contribution in [0.4, 0.5) is 11.8 Å². The fourth-order valence-corrected chi connectivity index (χ4v) is 5.32. The van der Waals surface area contributed by atoms with Gasteiger partial charge in [0.05, 0.1) is 17.4 Å². The maximum absolute atomic E-state index is 9.89. The molecule has 2 heterocycles. The lowest BCUT2D eigenvalue weighted by Gasteiger charge is -2.27. The van der Waals surface area contributed by atoms with Crippen molar-refractivity contribution >= 4 is 11.8 Å². The molecule has 6 heteroatoms. The molecule has 0 unspecified atom stereocenters. The van der Waals surface area contributed by atoms with Gasteiger partial charge in [0.15, 0.2) is 0 Å². The summed E-state index contributed by atoms with van der Waals surface area (Å²) in [7, 11) is 0. The van der Waals surface area contributed by atoms with Crippen molar-refractivity contribution < 1.29 is 5.11 Å². The average Bonchev–Trinajstić information content (AvgIpc) is 2.82. The molecule has 0 aromatic carbocycles. The number of hydrogen-bond donors (Lipinski definition) is 3. The molecule has 2 aromatic rings. The molecule has 180 valence electrons. The Hall–Kier alpha value is -2.21. The van der Waals surface area contributed by atoms with E-state index in [4.69, 9.17) is 9.97 Å². The van der Waals surface area contributed by atoms with Crippen LogP contribution in [0.25, 0.3) is 11.3 Å². The molecule has 0 aliphatic heterocycles. The van der Waals surface area contributed by atoms with Gasteiger partial charge in [-0.25, -0.2) is 4.98 Å². The Balaban J connectivity index is 1.52. The molecule has 2 fully saturated rings. The number of nitrogens with zero attached hydrogens (tertiary/aromatic N) is 3. The van der Waals surface area contributed by atoms with E-state index in [2.05, 4.69) is 41.6 Å². The van der Waals surface area contributed by atoms with E-state index in [0.717, 1.165) is 67.9 Å². The summed E-state index contributed by atoms with van der Waals surface area (Å²) in [6.07, 6.45) is 17.5. The van der Waals surface area contributed by atoms with Gasteiger partial charge in [-0.05, 0) is 63.0 Å². The van der Waals surface area contributed by atoms with Gasteiger partial charge < -0.3 is 15.7 Å². The molecular formula is C27H41N5O. The third kappa shape index (κ3) is 6.89. The van der Waals surface area contributed by atoms with Crippen LogP contribution in [0.1, 0.15) is 90.0 Å². The summed E-state index contributed by atoms with van der Waals surface area (Å²) in [5.41, 5.74) is 3.18. The van der Waals surface area contributed by atoms with Gasteiger partial charge in [-0.3, -0.25) is 4.98 Å². The maximum Gasteiger partial charge on any atom is 0.224 e. The van der Waals surface area contributed by atoms with Gasteiger partial charge in [-0.1, -0.05) is 51.5 Å². The normalized spacial score (nSPS) is 22.6. The van der Waals surface area contributed by atoms with Crippen molar-refractivity contribution in [2.24, 2.45) is 5.92 Å². The molecule has 1 atom stereocenters. The molecular weight excluding hydrogens is 410 g/mol. The number of aliphatic hydroxyl groups is 1. The third-order valence-electron chi connectivity index (χ3n) is 7.27. The topological polar surface area (TPSA) is 83.0 Å². The van der Waals surface area contributed by atoms with Crippen molar-refractivity contribution in [2.45, 2.75) is 109 Å². The zero-order valence-corrected chi connectivity index (χ0v) is 20.4. The summed E-state index contributed by atoms with van der Waals surface area (Å²) < 4.78 is 0. The second kappa shape index (κ2) is 11.8. The van der Waals surface area contributed by atoms with Crippen LogP contribution in [0.2, 0.25) is 0 Å². The van der Waals surface area contributed by atoms with Crippen molar-refractivity contribution in [1.29, 1.82) is 0 Å². The standard InChI is InChI=1S/C27H41N5O/c1-3-7-19(2)30-27-29-18-24(26(32-27)31-22-11-13-23(33)14-12-22)25-15-10-21(17-28-25)16-20-8-5-4-6-9-20/h10,15,17-20,22-23,33H,3-9,11-14,16H2,1-2H3,(H2,29,30,31,32)/t19-,22?,23?/m0/s1. The lowest BCUT2D eigenvalue weighted by atomic mass is 9.85. The van der Waals surface area contributed by atoms with E-state index in [-0.39, 0.29) is 6.10 Å². The second-order valence-electron chi connectivity index (χ2n) is 10.2. The first kappa shape index (κ1) is 23.9. The van der Waals surface area contributed by atoms with Crippen LogP contribution in [-0.4, -0.2) is 38.2 Å². The Bertz CT molecular complexity index is 857. The quantitative estimate of drug-likeness (QED) is 0.435. The highest BCUT2D eigenvalue weighted by Gasteiger charge is 2.22. The van der Waals surface area contributed by atoms with Crippen molar-refractivity contribution in [2.75, 3.05) is 10.6 Å². The van der Waals surface area contributed by atoms with Crippen LogP contribution < -0.4 is 10.6 Å². The van der Waals surface area contributed by atoms with E-state index in [9.17, 15) is 5.11 Å². The molecule has 0 saturated heterocycles. The van der Waals surface area contributed by atoms with Crippen molar-refractivity contribution in [3.8, 4) is 11.3 Å². The van der Waals surface area contributed by atoms with Crippen LogP contribution in [0.15, 0.2) is 24.5 Å². The number of aromatic nitrogens is 3. The average molecular weight is 452 g/mol. The van der Waals surface area contributed by atoms with E-state index in [1.165, 1.54) is 37.7 Å². The van der Waals surface area contributed by atoms with Crippen LogP contribution >= 0.6 is 0 Å². The summed E-state index contributed by atoms with van der Waals surface area (Å²) in [6.45, 7) is 4.36. The van der Waals surface area contributed by atoms with Crippen molar-refractivity contribution in [3.63, 3.8) is 0 Å². The lowest BCUT2D eigenvalue weighted by molar-refractivity contribution is 0.126. The first-order valence-corrected chi connectivity index (χ1v) is 13.1. The van der Waals surface area contributed by atoms with Crippen molar-refractivity contribution in [1.82, 2.24) is 15.0 Å². The fraction of sp³-hybridized carbons (Fsp3) is 0.667. The molecule has 6 nitrogen and oxygen atoms in total. The molecule has 2 aromatic heterocycles. The monoisotopic (exact) mass is 451 g/mol. The van der Waals surface area contributed by atoms with Gasteiger partial charge in [-0.15, -0.1) is 0 Å². The van der Waals surface area contributed by atoms with Crippen LogP contribution in [0.5, 0.6) is 0 Å². The lowest BCUT2D eigenvalue weighted by Crippen LogP contribution is -2.29. The first-order valence-electron chi connectivity index (χ1n) is 13.1. The minimum atomic E-state index is -0.168. The van der Waals surface area contributed by atoms with E-state index in [0.29, 0.717) is 18.0 Å². The second-order valence-corrected chi connectivity index (χ2v) is 10.2. The zero-order valence-electron chi connectivity index (χ0n) is 20.4. The highest BCUT2D eigenvalue weighted by atomic mass is 16.3. The van der Waals surface area contributed by atoms with E-state index in [1.807, 2.05) is 12.4 Å². The Morgan fingerprint density at radius 1 is 1.00 bits per heavy atom. The Kier molecular flexibility index (Phi) is 8.54. The van der Waals surface area contributed by atoms with E-state index < -0.39 is 0 Å². The van der Waals surface area contributed by atoms with Gasteiger partial charge in [0.1, 0.15) is 5.82 Å². The van der Waals surface area contributed by atoms with Crippen LogP contribution in [-0.2, 0) is 6.42 Å². The summed E-state index contributed by atoms with van der Waals surface area (Å²) in [5, 5.41) is 17.0. The predicted molar refractivity (Wildman–Crippen MR) is 135 cm³/mol. The molecule has 33 heavy (non-hydrogen) atoms. The largest absolute Gasteiger partial charge is 0.393 e. The van der Waals surface area contributed by atoms with Gasteiger partial charge >= 0.3 is 0 Å². The summed E-state index contributed by atoms with van der Waals surface area (Å²) in [4.78, 5) is 14.3. The molecule has 0 radical (unpaired) electrons. The molecule has 2 aliphatic rings. The molecule has 0 bridgehead atoms. The number of nitrogens with one attached hydrogen (secondary N) is 2. The highest BCUT2D eigenvalue weighted by Crippen LogP contribution is 2.30. The zero-order chi connectivity index (χ0) is 23.0. The van der Waals surface area contributed by atoms with Gasteiger partial charge in [0, 0.05) is 24.5 Å². The Morgan fingerprint density at radius 3 is 2.48 bits per heavy atom. The molecule has 3 N–H and O–H groups in total. The first-order chi connectivity index (χ1) is 16.1. The van der Waals surface area contributed by atoms with Gasteiger partial charge in [0.2, 0.25) is 5.95 Å². The molecule has 2 aliphatic carbocycles. The number of rotatable bonds is 9. The molecule has 0 amide bonds. The molecule has 0 spiro atoms. The Morgan fingerprint density at radius 2 is 1.79 bits per heavy atom. The van der Waals surface area contributed by atoms with Gasteiger partial charge in [0.25, 0.3) is 0 Å². The number of anilines is 2. The van der Waals surface area contributed by atoms with Crippen LogP contribution in [0.3, 0.4) is 0 Å². The smallest absolute Gasteiger partial charge is 0.224 e. The van der Waals surface area contributed by atoms with Crippen LogP contribution in [0, 0.1) is 5.92 Å². The third-order valence-corrected chi connectivity index (χ3v) is 7.27. The van der Waals surface area contributed by atoms with E-state index in [1.54, 1.807) is 0 Å². The SMILES string of the molecule is CCC[C@H](C)Nc1ncc(-c2ccc(CC3CCCCC3)cn2)c(NC2CCC(O)CC2)n1. The van der Waals surface area contributed by atoms with Gasteiger partial charge in [-0.2, -0.15) is 4.98 Å². The maximum atomic E-state index is 9.89. The fourth-order valence-electron chi connectivity index (χ4n) is 5.32. The Labute approximate surface area is 199 Å².